The van der Waals surface area contributed by atoms with E-state index in [4.69, 9.17) is 0 Å². The number of amides is 1. The number of halogens is 1. The number of rotatable bonds is 2. The summed E-state index contributed by atoms with van der Waals surface area (Å²) in [7, 11) is 0. The van der Waals surface area contributed by atoms with E-state index in [0.717, 1.165) is 57.3 Å². The highest BCUT2D eigenvalue weighted by Crippen LogP contribution is 2.64. The average Bonchev–Trinajstić information content (AvgIpc) is 2.61. The highest BCUT2D eigenvalue weighted by atomic mass is 79.9. The summed E-state index contributed by atoms with van der Waals surface area (Å²) in [5.74, 6) is 2.01. The van der Waals surface area contributed by atoms with Gasteiger partial charge in [-0.1, -0.05) is 28.1 Å². The first-order valence-electron chi connectivity index (χ1n) is 10.7. The fourth-order valence-electron chi connectivity index (χ4n) is 6.97. The minimum atomic E-state index is -0.0605. The van der Waals surface area contributed by atoms with Crippen LogP contribution in [0, 0.1) is 31.1 Å². The van der Waals surface area contributed by atoms with Gasteiger partial charge in [-0.15, -0.1) is 0 Å². The molecule has 2 unspecified atom stereocenters. The summed E-state index contributed by atoms with van der Waals surface area (Å²) < 4.78 is 0.257. The number of piperazine rings is 1. The van der Waals surface area contributed by atoms with E-state index in [-0.39, 0.29) is 9.74 Å². The molecule has 1 aromatic carbocycles. The number of alkyl halides is 1. The highest BCUT2D eigenvalue weighted by Gasteiger charge is 2.60. The van der Waals surface area contributed by atoms with Gasteiger partial charge in [0.2, 0.25) is 5.91 Å². The summed E-state index contributed by atoms with van der Waals surface area (Å²) in [6.45, 7) is 8.06. The molecule has 3 nitrogen and oxygen atoms in total. The van der Waals surface area contributed by atoms with Crippen molar-refractivity contribution in [1.29, 1.82) is 0 Å². The van der Waals surface area contributed by atoms with Crippen LogP contribution < -0.4 is 4.90 Å². The van der Waals surface area contributed by atoms with E-state index in [0.29, 0.717) is 5.91 Å². The molecule has 5 fully saturated rings. The van der Waals surface area contributed by atoms with Crippen molar-refractivity contribution in [2.24, 2.45) is 17.3 Å². The van der Waals surface area contributed by atoms with Crippen molar-refractivity contribution in [3.05, 3.63) is 29.3 Å². The molecule has 6 rings (SSSR count). The Morgan fingerprint density at radius 3 is 2.33 bits per heavy atom. The van der Waals surface area contributed by atoms with Crippen LogP contribution in [0.3, 0.4) is 0 Å². The van der Waals surface area contributed by atoms with E-state index in [1.165, 1.54) is 36.1 Å². The summed E-state index contributed by atoms with van der Waals surface area (Å²) in [6, 6.07) is 6.56. The number of nitrogens with zero attached hydrogens (tertiary/aromatic N) is 2. The lowest BCUT2D eigenvalue weighted by Gasteiger charge is -2.60. The molecule has 0 radical (unpaired) electrons. The molecule has 1 aliphatic heterocycles. The van der Waals surface area contributed by atoms with E-state index in [1.807, 2.05) is 0 Å². The van der Waals surface area contributed by atoms with Gasteiger partial charge in [0.15, 0.2) is 0 Å². The van der Waals surface area contributed by atoms with Crippen molar-refractivity contribution in [2.75, 3.05) is 31.1 Å². The van der Waals surface area contributed by atoms with Gasteiger partial charge in [0.25, 0.3) is 0 Å². The van der Waals surface area contributed by atoms with Crippen LogP contribution in [-0.4, -0.2) is 41.3 Å². The summed E-state index contributed by atoms with van der Waals surface area (Å²) in [5.41, 5.74) is 4.01. The van der Waals surface area contributed by atoms with E-state index in [9.17, 15) is 4.79 Å². The first kappa shape index (κ1) is 18.0. The largest absolute Gasteiger partial charge is 0.368 e. The van der Waals surface area contributed by atoms with Crippen LogP contribution >= 0.6 is 15.9 Å². The van der Waals surface area contributed by atoms with Crippen LogP contribution in [0.5, 0.6) is 0 Å². The molecule has 2 atom stereocenters. The third-order valence-electron chi connectivity index (χ3n) is 7.93. The number of benzene rings is 1. The zero-order valence-electron chi connectivity index (χ0n) is 16.6. The molecule has 0 spiro atoms. The van der Waals surface area contributed by atoms with Crippen LogP contribution in [-0.2, 0) is 4.79 Å². The number of hydrogen-bond acceptors (Lipinski definition) is 2. The molecule has 4 bridgehead atoms. The molecule has 0 aromatic heterocycles. The second kappa shape index (κ2) is 6.23. The molecule has 27 heavy (non-hydrogen) atoms. The summed E-state index contributed by atoms with van der Waals surface area (Å²) in [5, 5.41) is 0. The van der Waals surface area contributed by atoms with Gasteiger partial charge in [-0.3, -0.25) is 4.79 Å². The first-order valence-corrected chi connectivity index (χ1v) is 11.5. The van der Waals surface area contributed by atoms with Crippen LogP contribution in [0.4, 0.5) is 5.69 Å². The smallest absolute Gasteiger partial charge is 0.228 e. The van der Waals surface area contributed by atoms with Crippen molar-refractivity contribution in [2.45, 2.75) is 56.7 Å². The Hall–Kier alpha value is -1.03. The molecule has 4 aliphatic carbocycles. The fourth-order valence-corrected chi connectivity index (χ4v) is 8.42. The van der Waals surface area contributed by atoms with Crippen LogP contribution in [0.25, 0.3) is 0 Å². The second-order valence-corrected chi connectivity index (χ2v) is 11.6. The summed E-state index contributed by atoms with van der Waals surface area (Å²) in [4.78, 5) is 18.3. The topological polar surface area (TPSA) is 23.6 Å². The predicted molar refractivity (Wildman–Crippen MR) is 113 cm³/mol. The van der Waals surface area contributed by atoms with Crippen LogP contribution in [0.1, 0.15) is 49.7 Å². The third-order valence-corrected chi connectivity index (χ3v) is 8.85. The predicted octanol–water partition coefficient (Wildman–Crippen LogP) is 4.69. The van der Waals surface area contributed by atoms with Gasteiger partial charge < -0.3 is 9.80 Å². The average molecular weight is 431 g/mol. The van der Waals surface area contributed by atoms with Gasteiger partial charge in [0, 0.05) is 36.2 Å². The van der Waals surface area contributed by atoms with E-state index < -0.39 is 0 Å². The standard InChI is InChI=1S/C23H31BrN2O/c1-16-4-3-5-20(17(16)2)25-6-8-26(9-7-25)21(27)22-11-18-10-19(12-22)14-23(24,13-18)15-22/h3-5,18-19H,6-15H2,1-2H3. The molecule has 1 amide bonds. The van der Waals surface area contributed by atoms with Gasteiger partial charge in [-0.25, -0.2) is 0 Å². The van der Waals surface area contributed by atoms with Crippen molar-refractivity contribution in [3.63, 3.8) is 0 Å². The Morgan fingerprint density at radius 1 is 1.04 bits per heavy atom. The second-order valence-electron chi connectivity index (χ2n) is 9.89. The van der Waals surface area contributed by atoms with Crippen LogP contribution in [0.15, 0.2) is 18.2 Å². The SMILES string of the molecule is Cc1cccc(N2CCN(C(=O)C34CC5CC(CC(Br)(C5)C3)C4)CC2)c1C. The highest BCUT2D eigenvalue weighted by molar-refractivity contribution is 9.10. The number of aryl methyl sites for hydroxylation is 1. The van der Waals surface area contributed by atoms with E-state index in [2.05, 4.69) is 57.8 Å². The Balaban J connectivity index is 1.30. The number of hydrogen-bond donors (Lipinski definition) is 0. The monoisotopic (exact) mass is 430 g/mol. The minimum absolute atomic E-state index is 0.0605. The Bertz CT molecular complexity index is 754. The molecule has 4 heteroatoms. The van der Waals surface area contributed by atoms with Crippen molar-refractivity contribution >= 4 is 27.5 Å². The Morgan fingerprint density at radius 2 is 1.70 bits per heavy atom. The molecule has 1 saturated heterocycles. The molecule has 1 heterocycles. The lowest BCUT2D eigenvalue weighted by Crippen LogP contribution is -2.61. The molecule has 5 aliphatic rings. The maximum absolute atomic E-state index is 13.6. The number of anilines is 1. The Labute approximate surface area is 171 Å². The number of carbonyl (C=O) groups excluding carboxylic acids is 1. The molecule has 1 aromatic rings. The first-order chi connectivity index (χ1) is 12.9. The lowest BCUT2D eigenvalue weighted by molar-refractivity contribution is -0.155. The van der Waals surface area contributed by atoms with Crippen molar-refractivity contribution in [1.82, 2.24) is 4.90 Å². The van der Waals surface area contributed by atoms with Crippen molar-refractivity contribution < 1.29 is 4.79 Å². The van der Waals surface area contributed by atoms with Gasteiger partial charge in [-0.2, -0.15) is 0 Å². The molecule has 146 valence electrons. The fraction of sp³-hybridized carbons (Fsp3) is 0.696. The minimum Gasteiger partial charge on any atom is -0.368 e. The van der Waals surface area contributed by atoms with Crippen molar-refractivity contribution in [3.8, 4) is 0 Å². The zero-order valence-corrected chi connectivity index (χ0v) is 18.2. The Kier molecular flexibility index (Phi) is 4.16. The molecular weight excluding hydrogens is 400 g/mol. The molecule has 4 saturated carbocycles. The van der Waals surface area contributed by atoms with Gasteiger partial charge in [0.05, 0.1) is 5.41 Å². The summed E-state index contributed by atoms with van der Waals surface area (Å²) in [6.07, 6.45) is 7.31. The van der Waals surface area contributed by atoms with E-state index in [1.54, 1.807) is 0 Å². The maximum atomic E-state index is 13.6. The van der Waals surface area contributed by atoms with Gasteiger partial charge in [-0.05, 0) is 81.4 Å². The maximum Gasteiger partial charge on any atom is 0.228 e. The van der Waals surface area contributed by atoms with Crippen LogP contribution in [0.2, 0.25) is 0 Å². The molecular formula is C23H31BrN2O. The van der Waals surface area contributed by atoms with Gasteiger partial charge in [0.1, 0.15) is 0 Å². The number of carbonyl (C=O) groups is 1. The summed E-state index contributed by atoms with van der Waals surface area (Å²) >= 11 is 4.06. The lowest BCUT2D eigenvalue weighted by atomic mass is 9.49. The quantitative estimate of drug-likeness (QED) is 0.635. The normalized spacial score (nSPS) is 37.7. The zero-order chi connectivity index (χ0) is 18.8. The third kappa shape index (κ3) is 2.94. The van der Waals surface area contributed by atoms with E-state index >= 15 is 0 Å². The molecule has 0 N–H and O–H groups in total. The van der Waals surface area contributed by atoms with Gasteiger partial charge >= 0.3 is 0 Å².